The van der Waals surface area contributed by atoms with Gasteiger partial charge in [-0.25, -0.2) is 5.43 Å². The number of hydrazone groups is 1. The second-order valence-corrected chi connectivity index (χ2v) is 6.72. The van der Waals surface area contributed by atoms with Gasteiger partial charge in [-0.2, -0.15) is 10.2 Å². The van der Waals surface area contributed by atoms with Crippen LogP contribution >= 0.6 is 0 Å². The predicted octanol–water partition coefficient (Wildman–Crippen LogP) is 2.93. The number of rotatable bonds is 7. The second-order valence-electron chi connectivity index (χ2n) is 6.72. The van der Waals surface area contributed by atoms with Crippen LogP contribution in [0, 0.1) is 24.0 Å². The van der Waals surface area contributed by atoms with Crippen molar-refractivity contribution in [2.75, 3.05) is 7.11 Å². The van der Waals surface area contributed by atoms with Crippen LogP contribution in [-0.4, -0.2) is 39.0 Å². The number of nitro groups is 1. The number of nitrogens with zero attached hydrogens (tertiary/aromatic N) is 4. The molecule has 0 saturated carbocycles. The van der Waals surface area contributed by atoms with E-state index in [1.807, 2.05) is 0 Å². The first-order valence-electron chi connectivity index (χ1n) is 9.28. The van der Waals surface area contributed by atoms with Gasteiger partial charge in [0.1, 0.15) is 22.9 Å². The smallest absolute Gasteiger partial charge is 0.312 e. The number of nitrogens with one attached hydrogen (secondary N) is 1. The fourth-order valence-corrected chi connectivity index (χ4v) is 3.16. The van der Waals surface area contributed by atoms with Crippen LogP contribution in [0.1, 0.15) is 32.9 Å². The lowest BCUT2D eigenvalue weighted by Gasteiger charge is -2.10. The molecule has 1 aromatic heterocycles. The highest BCUT2D eigenvalue weighted by molar-refractivity contribution is 5.97. The molecule has 2 aromatic carbocycles. The average molecular weight is 423 g/mol. The topological polar surface area (TPSA) is 132 Å². The average Bonchev–Trinajstić information content (AvgIpc) is 3.01. The van der Waals surface area contributed by atoms with Gasteiger partial charge in [0, 0.05) is 5.56 Å². The largest absolute Gasteiger partial charge is 0.507 e. The number of carbonyl (C=O) groups excluding carboxylic acids is 1. The van der Waals surface area contributed by atoms with Crippen molar-refractivity contribution in [1.29, 1.82) is 0 Å². The summed E-state index contributed by atoms with van der Waals surface area (Å²) in [7, 11) is 1.53. The predicted molar refractivity (Wildman–Crippen MR) is 114 cm³/mol. The molecule has 0 bridgehead atoms. The summed E-state index contributed by atoms with van der Waals surface area (Å²) in [6, 6.07) is 11.4. The number of aryl methyl sites for hydroxylation is 1. The highest BCUT2D eigenvalue weighted by atomic mass is 16.6. The van der Waals surface area contributed by atoms with Crippen LogP contribution in [0.2, 0.25) is 0 Å². The summed E-state index contributed by atoms with van der Waals surface area (Å²) >= 11 is 0. The monoisotopic (exact) mass is 423 g/mol. The first-order valence-corrected chi connectivity index (χ1v) is 9.28. The molecule has 3 rings (SSSR count). The number of carbonyl (C=O) groups is 1. The summed E-state index contributed by atoms with van der Waals surface area (Å²) in [6.45, 7) is 3.50. The maximum absolute atomic E-state index is 12.1. The molecule has 0 aliphatic carbocycles. The Hall–Kier alpha value is -4.21. The Balaban J connectivity index is 1.80. The number of hydrogen-bond donors (Lipinski definition) is 2. The van der Waals surface area contributed by atoms with Crippen molar-refractivity contribution in [3.8, 4) is 11.5 Å². The molecular weight excluding hydrogens is 402 g/mol. The number of benzene rings is 2. The van der Waals surface area contributed by atoms with Gasteiger partial charge in [-0.15, -0.1) is 0 Å². The van der Waals surface area contributed by atoms with E-state index < -0.39 is 10.8 Å². The van der Waals surface area contributed by atoms with E-state index in [4.69, 9.17) is 4.74 Å². The molecule has 0 saturated heterocycles. The number of methoxy groups -OCH3 is 1. The molecule has 0 radical (unpaired) electrons. The second kappa shape index (κ2) is 9.08. The molecule has 0 unspecified atom stereocenters. The number of phenols is 1. The SMILES string of the molecule is COc1ccc(C=NNC(=O)c2ccccc2O)cc1Cn1nc(C)c([N+](=O)[O-])c1C. The first kappa shape index (κ1) is 21.5. The molecule has 0 aliphatic heterocycles. The van der Waals surface area contributed by atoms with E-state index in [1.165, 1.54) is 25.5 Å². The third kappa shape index (κ3) is 4.69. The van der Waals surface area contributed by atoms with E-state index in [2.05, 4.69) is 15.6 Å². The minimum Gasteiger partial charge on any atom is -0.507 e. The third-order valence-electron chi connectivity index (χ3n) is 4.68. The Bertz CT molecular complexity index is 1170. The molecule has 0 fully saturated rings. The Kier molecular flexibility index (Phi) is 6.29. The van der Waals surface area contributed by atoms with Crippen LogP contribution in [0.15, 0.2) is 47.6 Å². The van der Waals surface area contributed by atoms with Crippen LogP contribution in [0.4, 0.5) is 5.69 Å². The van der Waals surface area contributed by atoms with Gasteiger partial charge in [-0.3, -0.25) is 19.6 Å². The zero-order valence-corrected chi connectivity index (χ0v) is 17.2. The fraction of sp³-hybridized carbons (Fsp3) is 0.190. The quantitative estimate of drug-likeness (QED) is 0.341. The van der Waals surface area contributed by atoms with E-state index >= 15 is 0 Å². The van der Waals surface area contributed by atoms with Gasteiger partial charge >= 0.3 is 5.69 Å². The molecule has 0 atom stereocenters. The lowest BCUT2D eigenvalue weighted by molar-refractivity contribution is -0.386. The Morgan fingerprint density at radius 3 is 2.71 bits per heavy atom. The number of para-hydroxylation sites is 1. The molecule has 1 amide bonds. The highest BCUT2D eigenvalue weighted by Gasteiger charge is 2.22. The van der Waals surface area contributed by atoms with Crippen molar-refractivity contribution in [2.24, 2.45) is 5.10 Å². The molecule has 10 heteroatoms. The van der Waals surface area contributed by atoms with Gasteiger partial charge in [-0.05, 0) is 49.7 Å². The summed E-state index contributed by atoms with van der Waals surface area (Å²) in [4.78, 5) is 22.9. The maximum atomic E-state index is 12.1. The van der Waals surface area contributed by atoms with Crippen LogP contribution in [0.5, 0.6) is 11.5 Å². The maximum Gasteiger partial charge on any atom is 0.312 e. The van der Waals surface area contributed by atoms with E-state index in [0.717, 1.165) is 5.56 Å². The van der Waals surface area contributed by atoms with E-state index in [9.17, 15) is 20.0 Å². The normalized spacial score (nSPS) is 10.9. The summed E-state index contributed by atoms with van der Waals surface area (Å²) < 4.78 is 6.94. The number of amides is 1. The summed E-state index contributed by atoms with van der Waals surface area (Å²) in [5, 5.41) is 29.2. The molecule has 31 heavy (non-hydrogen) atoms. The van der Waals surface area contributed by atoms with Crippen LogP contribution in [0.3, 0.4) is 0 Å². The lowest BCUT2D eigenvalue weighted by atomic mass is 10.1. The third-order valence-corrected chi connectivity index (χ3v) is 4.68. The lowest BCUT2D eigenvalue weighted by Crippen LogP contribution is -2.17. The van der Waals surface area contributed by atoms with E-state index in [-0.39, 0.29) is 23.5 Å². The number of hydrogen-bond acceptors (Lipinski definition) is 7. The number of aromatic hydroxyl groups is 1. The van der Waals surface area contributed by atoms with Gasteiger partial charge in [-0.1, -0.05) is 12.1 Å². The number of ether oxygens (including phenoxy) is 1. The van der Waals surface area contributed by atoms with E-state index in [1.54, 1.807) is 48.9 Å². The van der Waals surface area contributed by atoms with Crippen LogP contribution in [-0.2, 0) is 6.54 Å². The zero-order chi connectivity index (χ0) is 22.5. The molecule has 160 valence electrons. The molecule has 2 N–H and O–H groups in total. The van der Waals surface area contributed by atoms with E-state index in [0.29, 0.717) is 22.7 Å². The van der Waals surface area contributed by atoms with Crippen LogP contribution in [0.25, 0.3) is 0 Å². The number of aromatic nitrogens is 2. The van der Waals surface area contributed by atoms with Crippen molar-refractivity contribution < 1.29 is 19.6 Å². The molecule has 0 aliphatic rings. The van der Waals surface area contributed by atoms with Crippen molar-refractivity contribution in [3.05, 3.63) is 80.7 Å². The first-order chi connectivity index (χ1) is 14.8. The van der Waals surface area contributed by atoms with Gasteiger partial charge < -0.3 is 9.84 Å². The van der Waals surface area contributed by atoms with Gasteiger partial charge in [0.15, 0.2) is 0 Å². The molecule has 0 spiro atoms. The van der Waals surface area contributed by atoms with Crippen molar-refractivity contribution in [3.63, 3.8) is 0 Å². The van der Waals surface area contributed by atoms with Crippen molar-refractivity contribution in [2.45, 2.75) is 20.4 Å². The molecular formula is C21H21N5O5. The Morgan fingerprint density at radius 1 is 1.32 bits per heavy atom. The summed E-state index contributed by atoms with van der Waals surface area (Å²) in [6.07, 6.45) is 1.45. The summed E-state index contributed by atoms with van der Waals surface area (Å²) in [5.74, 6) is -0.0930. The van der Waals surface area contributed by atoms with Gasteiger partial charge in [0.2, 0.25) is 0 Å². The minimum absolute atomic E-state index is 0.0106. The standard InChI is InChI=1S/C21H21N5O5/c1-13-20(26(29)30)14(2)25(24-13)12-16-10-15(8-9-19(16)31-3)11-22-23-21(28)17-6-4-5-7-18(17)27/h4-11,27H,12H2,1-3H3,(H,23,28). The van der Waals surface area contributed by atoms with Crippen LogP contribution < -0.4 is 10.2 Å². The minimum atomic E-state index is -0.543. The number of phenolic OH excluding ortho intramolecular Hbond substituents is 1. The summed E-state index contributed by atoms with van der Waals surface area (Å²) in [5.41, 5.74) is 4.65. The molecule has 10 nitrogen and oxygen atoms in total. The zero-order valence-electron chi connectivity index (χ0n) is 17.2. The van der Waals surface area contributed by atoms with Gasteiger partial charge in [0.25, 0.3) is 5.91 Å². The fourth-order valence-electron chi connectivity index (χ4n) is 3.16. The Labute approximate surface area is 177 Å². The van der Waals surface area contributed by atoms with Gasteiger partial charge in [0.05, 0.1) is 30.4 Å². The van der Waals surface area contributed by atoms with Crippen molar-refractivity contribution >= 4 is 17.8 Å². The Morgan fingerprint density at radius 2 is 2.06 bits per heavy atom. The molecule has 3 aromatic rings. The highest BCUT2D eigenvalue weighted by Crippen LogP contribution is 2.25. The van der Waals surface area contributed by atoms with Crippen molar-refractivity contribution in [1.82, 2.24) is 15.2 Å². The molecule has 1 heterocycles.